The van der Waals surface area contributed by atoms with Crippen LogP contribution in [0.15, 0.2) is 24.3 Å². The highest BCUT2D eigenvalue weighted by molar-refractivity contribution is 7.90. The number of carbonyl (C=O) groups excluding carboxylic acids is 1. The van der Waals surface area contributed by atoms with Crippen molar-refractivity contribution < 1.29 is 40.2 Å². The number of hydrogen-bond donors (Lipinski definition) is 1. The summed E-state index contributed by atoms with van der Waals surface area (Å²) in [6, 6.07) is 6.23. The Bertz CT molecular complexity index is 1340. The van der Waals surface area contributed by atoms with Crippen molar-refractivity contribution in [1.82, 2.24) is 14.6 Å². The summed E-state index contributed by atoms with van der Waals surface area (Å²) >= 11 is 0. The van der Waals surface area contributed by atoms with Gasteiger partial charge in [-0.1, -0.05) is 6.92 Å². The lowest BCUT2D eigenvalue weighted by molar-refractivity contribution is -0.286. The van der Waals surface area contributed by atoms with Gasteiger partial charge in [-0.05, 0) is 37.1 Å². The van der Waals surface area contributed by atoms with Crippen LogP contribution in [0.1, 0.15) is 47.8 Å². The summed E-state index contributed by atoms with van der Waals surface area (Å²) in [7, 11) is -3.56. The van der Waals surface area contributed by atoms with Crippen molar-refractivity contribution in [3.8, 4) is 28.8 Å². The molecule has 1 fully saturated rings. The molecule has 1 aromatic heterocycles. The van der Waals surface area contributed by atoms with Crippen LogP contribution < -0.4 is 14.2 Å². The van der Waals surface area contributed by atoms with E-state index in [0.29, 0.717) is 0 Å². The van der Waals surface area contributed by atoms with Gasteiger partial charge in [-0.2, -0.15) is 5.26 Å². The summed E-state index contributed by atoms with van der Waals surface area (Å²) in [5.41, 5.74) is -1.84. The van der Waals surface area contributed by atoms with Crippen molar-refractivity contribution in [2.24, 2.45) is 0 Å². The fourth-order valence-corrected chi connectivity index (χ4v) is 5.59. The highest BCUT2D eigenvalue weighted by atomic mass is 32.2. The minimum absolute atomic E-state index is 0.0107. The van der Waals surface area contributed by atoms with Gasteiger partial charge in [0.15, 0.2) is 11.5 Å². The zero-order valence-corrected chi connectivity index (χ0v) is 19.6. The molecule has 1 amide bonds. The Morgan fingerprint density at radius 2 is 1.92 bits per heavy atom. The maximum absolute atomic E-state index is 14.0. The second-order valence-electron chi connectivity index (χ2n) is 8.09. The van der Waals surface area contributed by atoms with Crippen molar-refractivity contribution in [3.05, 3.63) is 41.1 Å². The number of hydrogen-bond acceptors (Lipinski definition) is 7. The highest BCUT2D eigenvalue weighted by Crippen LogP contribution is 2.43. The fraction of sp³-hybridized carbons (Fsp3) is 0.409. The number of nitrogens with zero attached hydrogens (tertiary/aromatic N) is 3. The van der Waals surface area contributed by atoms with E-state index in [1.165, 1.54) is 11.0 Å². The smallest absolute Gasteiger partial charge is 0.395 e. The molecule has 0 radical (unpaired) electrons. The number of ether oxygens (including phenoxy) is 2. The second-order valence-corrected chi connectivity index (χ2v) is 10.1. The third-order valence-corrected chi connectivity index (χ3v) is 7.84. The lowest BCUT2D eigenvalue weighted by atomic mass is 10.0. The Hall–Kier alpha value is -3.44. The third kappa shape index (κ3) is 4.93. The van der Waals surface area contributed by atoms with E-state index in [1.807, 2.05) is 0 Å². The predicted octanol–water partition coefficient (Wildman–Crippen LogP) is 3.42. The summed E-state index contributed by atoms with van der Waals surface area (Å²) in [4.78, 5) is 18.2. The molecular formula is C22H20F4N4O5S. The number of nitrogens with one attached hydrogen (secondary N) is 1. The fourth-order valence-electron chi connectivity index (χ4n) is 4.13. The first-order valence-corrected chi connectivity index (χ1v) is 12.4. The zero-order valence-electron chi connectivity index (χ0n) is 18.8. The number of nitriles is 1. The number of rotatable bonds is 6. The number of fused-ring (bicyclic) bond motifs is 1. The minimum Gasteiger partial charge on any atom is -0.395 e. The van der Waals surface area contributed by atoms with Gasteiger partial charge in [-0.15, -0.1) is 8.78 Å². The molecule has 0 atom stereocenters. The molecule has 9 nitrogen and oxygen atoms in total. The molecule has 0 spiro atoms. The number of pyridine rings is 1. The highest BCUT2D eigenvalue weighted by Gasteiger charge is 2.43. The molecule has 2 aliphatic heterocycles. The lowest BCUT2D eigenvalue weighted by Crippen LogP contribution is -2.45. The standard InChI is InChI=1S/C22H20F4N4O5S/c1-2-28-36(32,33)14-5-7-30(8-6-14)21(31)15-9-13(11-27)18(29-19(15)20(23)24)12-3-4-16-17(10-12)35-22(25,26)34-16/h3-4,9-10,14,20,28H,2,5-8H2,1H3. The van der Waals surface area contributed by atoms with E-state index < -0.39 is 45.2 Å². The number of carbonyl (C=O) groups is 1. The second kappa shape index (κ2) is 9.55. The average Bonchev–Trinajstić information content (AvgIpc) is 3.15. The van der Waals surface area contributed by atoms with E-state index in [2.05, 4.69) is 19.2 Å². The number of halogens is 4. The maximum Gasteiger partial charge on any atom is 0.586 e. The molecule has 192 valence electrons. The molecule has 2 aromatic rings. The summed E-state index contributed by atoms with van der Waals surface area (Å²) in [5.74, 6) is -1.45. The quantitative estimate of drug-likeness (QED) is 0.570. The van der Waals surface area contributed by atoms with Gasteiger partial charge in [0.25, 0.3) is 12.3 Å². The summed E-state index contributed by atoms with van der Waals surface area (Å²) < 4.78 is 90.1. The molecule has 1 aromatic carbocycles. The number of benzene rings is 1. The molecule has 0 saturated carbocycles. The Labute approximate surface area is 203 Å². The Balaban J connectivity index is 1.64. The van der Waals surface area contributed by atoms with Crippen LogP contribution in [0.5, 0.6) is 11.5 Å². The van der Waals surface area contributed by atoms with Crippen LogP contribution in [0, 0.1) is 11.3 Å². The van der Waals surface area contributed by atoms with Gasteiger partial charge in [0, 0.05) is 25.2 Å². The van der Waals surface area contributed by atoms with Crippen molar-refractivity contribution >= 4 is 15.9 Å². The Morgan fingerprint density at radius 3 is 2.53 bits per heavy atom. The van der Waals surface area contributed by atoms with E-state index in [0.717, 1.165) is 18.2 Å². The molecule has 2 aliphatic rings. The van der Waals surface area contributed by atoms with Crippen LogP contribution >= 0.6 is 0 Å². The lowest BCUT2D eigenvalue weighted by Gasteiger charge is -2.32. The molecule has 0 bridgehead atoms. The average molecular weight is 528 g/mol. The molecule has 36 heavy (non-hydrogen) atoms. The summed E-state index contributed by atoms with van der Waals surface area (Å²) in [6.45, 7) is 1.89. The van der Waals surface area contributed by atoms with E-state index >= 15 is 0 Å². The maximum atomic E-state index is 14.0. The van der Waals surface area contributed by atoms with E-state index in [1.54, 1.807) is 13.0 Å². The van der Waals surface area contributed by atoms with Gasteiger partial charge in [0.2, 0.25) is 10.0 Å². The molecule has 0 unspecified atom stereocenters. The third-order valence-electron chi connectivity index (χ3n) is 5.80. The zero-order chi connectivity index (χ0) is 26.3. The Kier molecular flexibility index (Phi) is 6.80. The van der Waals surface area contributed by atoms with Gasteiger partial charge < -0.3 is 14.4 Å². The first-order valence-electron chi connectivity index (χ1n) is 10.9. The molecule has 1 N–H and O–H groups in total. The van der Waals surface area contributed by atoms with E-state index in [-0.39, 0.29) is 60.8 Å². The van der Waals surface area contributed by atoms with Crippen molar-refractivity contribution in [3.63, 3.8) is 0 Å². The largest absolute Gasteiger partial charge is 0.586 e. The van der Waals surface area contributed by atoms with E-state index in [9.17, 15) is 36.0 Å². The van der Waals surface area contributed by atoms with Crippen LogP contribution in [0.2, 0.25) is 0 Å². The van der Waals surface area contributed by atoms with Crippen molar-refractivity contribution in [1.29, 1.82) is 5.26 Å². The van der Waals surface area contributed by atoms with Gasteiger partial charge >= 0.3 is 6.29 Å². The number of piperidine rings is 1. The molecule has 0 aliphatic carbocycles. The van der Waals surface area contributed by atoms with Crippen LogP contribution in [-0.2, 0) is 10.0 Å². The van der Waals surface area contributed by atoms with Crippen molar-refractivity contribution in [2.45, 2.75) is 37.7 Å². The number of aromatic nitrogens is 1. The van der Waals surface area contributed by atoms with Gasteiger partial charge in [0.05, 0.1) is 22.1 Å². The number of likely N-dealkylation sites (tertiary alicyclic amines) is 1. The van der Waals surface area contributed by atoms with Crippen LogP contribution in [0.3, 0.4) is 0 Å². The normalized spacial score (nSPS) is 17.3. The number of amides is 1. The minimum atomic E-state index is -3.89. The van der Waals surface area contributed by atoms with Gasteiger partial charge in [-0.3, -0.25) is 4.79 Å². The number of sulfonamides is 1. The monoisotopic (exact) mass is 528 g/mol. The molecule has 1 saturated heterocycles. The van der Waals surface area contributed by atoms with Crippen LogP contribution in [-0.4, -0.2) is 55.4 Å². The Morgan fingerprint density at radius 1 is 1.25 bits per heavy atom. The summed E-state index contributed by atoms with van der Waals surface area (Å²) in [6.07, 6.45) is -6.86. The van der Waals surface area contributed by atoms with Gasteiger partial charge in [0.1, 0.15) is 11.8 Å². The van der Waals surface area contributed by atoms with Crippen molar-refractivity contribution in [2.75, 3.05) is 19.6 Å². The molecule has 14 heteroatoms. The summed E-state index contributed by atoms with van der Waals surface area (Å²) in [5, 5.41) is 8.91. The van der Waals surface area contributed by atoms with Gasteiger partial charge in [-0.25, -0.2) is 26.9 Å². The van der Waals surface area contributed by atoms with E-state index in [4.69, 9.17) is 0 Å². The first kappa shape index (κ1) is 25.6. The molecular weight excluding hydrogens is 508 g/mol. The molecule has 4 rings (SSSR count). The van der Waals surface area contributed by atoms with Crippen LogP contribution in [0.4, 0.5) is 17.6 Å². The molecule has 3 heterocycles. The SMILES string of the molecule is CCNS(=O)(=O)C1CCN(C(=O)c2cc(C#N)c(-c3ccc4c(c3)OC(F)(F)O4)nc2C(F)F)CC1. The van der Waals surface area contributed by atoms with Crippen LogP contribution in [0.25, 0.3) is 11.3 Å². The first-order chi connectivity index (χ1) is 17.0. The topological polar surface area (TPSA) is 122 Å². The number of alkyl halides is 4. The predicted molar refractivity (Wildman–Crippen MR) is 117 cm³/mol.